The second-order valence-electron chi connectivity index (χ2n) is 10.3. The molecule has 8 heteroatoms. The SMILES string of the molecule is CCCCCCCC(=O)NC(C(=O)NC(CCC(=O)OCc1ccccc1)C(=O)OCc1ccccc1)C(C)C. The van der Waals surface area contributed by atoms with Crippen molar-refractivity contribution in [1.29, 1.82) is 0 Å². The van der Waals surface area contributed by atoms with Crippen molar-refractivity contribution >= 4 is 23.8 Å². The quantitative estimate of drug-likeness (QED) is 0.193. The van der Waals surface area contributed by atoms with Crippen molar-refractivity contribution in [3.05, 3.63) is 71.8 Å². The third-order valence-electron chi connectivity index (χ3n) is 6.48. The fourth-order valence-corrected chi connectivity index (χ4v) is 4.08. The number of carbonyl (C=O) groups is 4. The van der Waals surface area contributed by atoms with Crippen LogP contribution < -0.4 is 10.6 Å². The Hall–Kier alpha value is -3.68. The zero-order valence-corrected chi connectivity index (χ0v) is 24.0. The predicted octanol–water partition coefficient (Wildman–Crippen LogP) is 5.24. The Bertz CT molecular complexity index is 1040. The summed E-state index contributed by atoms with van der Waals surface area (Å²) >= 11 is 0. The number of hydrogen-bond donors (Lipinski definition) is 2. The number of carbonyl (C=O) groups excluding carboxylic acids is 4. The van der Waals surface area contributed by atoms with Crippen LogP contribution in [-0.2, 0) is 41.9 Å². The minimum atomic E-state index is -1.08. The van der Waals surface area contributed by atoms with Gasteiger partial charge in [0, 0.05) is 12.8 Å². The first-order chi connectivity index (χ1) is 19.3. The molecule has 2 atom stereocenters. The monoisotopic (exact) mass is 552 g/mol. The average molecular weight is 553 g/mol. The van der Waals surface area contributed by atoms with Gasteiger partial charge in [-0.25, -0.2) is 4.79 Å². The number of rotatable bonds is 18. The highest BCUT2D eigenvalue weighted by Crippen LogP contribution is 2.11. The van der Waals surface area contributed by atoms with E-state index in [9.17, 15) is 19.2 Å². The molecule has 0 heterocycles. The van der Waals surface area contributed by atoms with Gasteiger partial charge in [0.25, 0.3) is 0 Å². The van der Waals surface area contributed by atoms with Gasteiger partial charge in [-0.05, 0) is 29.9 Å². The molecule has 40 heavy (non-hydrogen) atoms. The molecule has 2 amide bonds. The molecule has 2 rings (SSSR count). The van der Waals surface area contributed by atoms with Crippen molar-refractivity contribution < 1.29 is 28.7 Å². The van der Waals surface area contributed by atoms with Crippen molar-refractivity contribution in [2.75, 3.05) is 0 Å². The molecular weight excluding hydrogens is 508 g/mol. The molecule has 0 fully saturated rings. The molecule has 0 spiro atoms. The first-order valence-corrected chi connectivity index (χ1v) is 14.3. The summed E-state index contributed by atoms with van der Waals surface area (Å²) in [7, 11) is 0. The molecule has 2 N–H and O–H groups in total. The van der Waals surface area contributed by atoms with E-state index in [0.29, 0.717) is 6.42 Å². The van der Waals surface area contributed by atoms with Gasteiger partial charge >= 0.3 is 11.9 Å². The molecule has 0 bridgehead atoms. The fourth-order valence-electron chi connectivity index (χ4n) is 4.08. The van der Waals surface area contributed by atoms with Gasteiger partial charge < -0.3 is 20.1 Å². The minimum absolute atomic E-state index is 0.00315. The molecule has 2 unspecified atom stereocenters. The molecule has 8 nitrogen and oxygen atoms in total. The van der Waals surface area contributed by atoms with E-state index in [0.717, 1.165) is 43.2 Å². The van der Waals surface area contributed by atoms with Crippen LogP contribution in [-0.4, -0.2) is 35.8 Å². The average Bonchev–Trinajstić information content (AvgIpc) is 2.96. The van der Waals surface area contributed by atoms with Gasteiger partial charge in [-0.2, -0.15) is 0 Å². The highest BCUT2D eigenvalue weighted by Gasteiger charge is 2.30. The smallest absolute Gasteiger partial charge is 0.328 e. The lowest BCUT2D eigenvalue weighted by Gasteiger charge is -2.25. The Morgan fingerprint density at radius 2 is 1.30 bits per heavy atom. The molecule has 0 aliphatic heterocycles. The Labute approximate surface area is 238 Å². The second-order valence-corrected chi connectivity index (χ2v) is 10.3. The van der Waals surface area contributed by atoms with Crippen LogP contribution in [0.15, 0.2) is 60.7 Å². The molecule has 2 aromatic carbocycles. The first-order valence-electron chi connectivity index (χ1n) is 14.3. The van der Waals surface area contributed by atoms with E-state index in [2.05, 4.69) is 17.6 Å². The number of benzene rings is 2. The molecule has 0 saturated heterocycles. The molecule has 0 saturated carbocycles. The predicted molar refractivity (Wildman–Crippen MR) is 154 cm³/mol. The lowest BCUT2D eigenvalue weighted by molar-refractivity contribution is -0.151. The summed E-state index contributed by atoms with van der Waals surface area (Å²) in [4.78, 5) is 51.2. The Morgan fingerprint density at radius 3 is 1.88 bits per heavy atom. The maximum Gasteiger partial charge on any atom is 0.328 e. The van der Waals surface area contributed by atoms with E-state index in [1.807, 2.05) is 74.5 Å². The van der Waals surface area contributed by atoms with E-state index in [1.165, 1.54) is 0 Å². The van der Waals surface area contributed by atoms with Gasteiger partial charge in [-0.1, -0.05) is 107 Å². The van der Waals surface area contributed by atoms with Crippen LogP contribution in [0.5, 0.6) is 0 Å². The third kappa shape index (κ3) is 12.9. The lowest BCUT2D eigenvalue weighted by Crippen LogP contribution is -2.54. The highest BCUT2D eigenvalue weighted by atomic mass is 16.5. The summed E-state index contributed by atoms with van der Waals surface area (Å²) in [5.74, 6) is -2.04. The summed E-state index contributed by atoms with van der Waals surface area (Å²) in [6.45, 7) is 5.95. The first kappa shape index (κ1) is 32.5. The van der Waals surface area contributed by atoms with E-state index in [1.54, 1.807) is 0 Å². The van der Waals surface area contributed by atoms with Gasteiger partial charge in [0.15, 0.2) is 0 Å². The number of unbranched alkanes of at least 4 members (excludes halogenated alkanes) is 4. The Kier molecular flexibility index (Phi) is 15.1. The van der Waals surface area contributed by atoms with Gasteiger partial charge in [-0.15, -0.1) is 0 Å². The molecule has 0 aliphatic carbocycles. The van der Waals surface area contributed by atoms with Crippen LogP contribution in [0.4, 0.5) is 0 Å². The Morgan fingerprint density at radius 1 is 0.725 bits per heavy atom. The van der Waals surface area contributed by atoms with Crippen LogP contribution in [0.25, 0.3) is 0 Å². The van der Waals surface area contributed by atoms with Gasteiger partial charge in [-0.3, -0.25) is 14.4 Å². The summed E-state index contributed by atoms with van der Waals surface area (Å²) < 4.78 is 10.8. The van der Waals surface area contributed by atoms with E-state index in [4.69, 9.17) is 9.47 Å². The van der Waals surface area contributed by atoms with Crippen molar-refractivity contribution in [3.63, 3.8) is 0 Å². The summed E-state index contributed by atoms with van der Waals surface area (Å²) in [5.41, 5.74) is 1.65. The van der Waals surface area contributed by atoms with Crippen molar-refractivity contribution in [2.45, 2.75) is 97.4 Å². The second kappa shape index (κ2) is 18.6. The molecule has 0 radical (unpaired) electrons. The van der Waals surface area contributed by atoms with Gasteiger partial charge in [0.1, 0.15) is 25.3 Å². The molecule has 2 aromatic rings. The largest absolute Gasteiger partial charge is 0.461 e. The maximum atomic E-state index is 13.2. The number of hydrogen-bond acceptors (Lipinski definition) is 6. The number of amides is 2. The van der Waals surface area contributed by atoms with Crippen LogP contribution in [0.2, 0.25) is 0 Å². The van der Waals surface area contributed by atoms with Gasteiger partial charge in [0.05, 0.1) is 0 Å². The molecule has 0 aliphatic rings. The van der Waals surface area contributed by atoms with Crippen molar-refractivity contribution in [1.82, 2.24) is 10.6 Å². The highest BCUT2D eigenvalue weighted by molar-refractivity contribution is 5.91. The zero-order chi connectivity index (χ0) is 29.2. The normalized spacial score (nSPS) is 12.3. The molecule has 0 aromatic heterocycles. The summed E-state index contributed by atoms with van der Waals surface area (Å²) in [6, 6.07) is 16.6. The van der Waals surface area contributed by atoms with Crippen molar-refractivity contribution in [3.8, 4) is 0 Å². The summed E-state index contributed by atoms with van der Waals surface area (Å²) in [5, 5.41) is 5.53. The topological polar surface area (TPSA) is 111 Å². The standard InChI is InChI=1S/C32H44N2O6/c1-4-5-6-7-14-19-28(35)34-30(24(2)3)31(37)33-27(32(38)40-23-26-17-12-9-13-18-26)20-21-29(36)39-22-25-15-10-8-11-16-25/h8-13,15-18,24,27,30H,4-7,14,19-23H2,1-3H3,(H,33,37)(H,34,35). The molecule has 218 valence electrons. The number of ether oxygens (including phenoxy) is 2. The zero-order valence-electron chi connectivity index (χ0n) is 24.0. The van der Waals surface area contributed by atoms with Crippen LogP contribution in [0.1, 0.15) is 83.3 Å². The molecular formula is C32H44N2O6. The number of nitrogens with one attached hydrogen (secondary N) is 2. The van der Waals surface area contributed by atoms with Gasteiger partial charge in [0.2, 0.25) is 11.8 Å². The number of esters is 2. The lowest BCUT2D eigenvalue weighted by atomic mass is 10.0. The minimum Gasteiger partial charge on any atom is -0.461 e. The third-order valence-corrected chi connectivity index (χ3v) is 6.48. The van der Waals surface area contributed by atoms with E-state index < -0.39 is 29.9 Å². The van der Waals surface area contributed by atoms with E-state index in [-0.39, 0.29) is 37.9 Å². The fraction of sp³-hybridized carbons (Fsp3) is 0.500. The van der Waals surface area contributed by atoms with Crippen LogP contribution in [0, 0.1) is 5.92 Å². The maximum absolute atomic E-state index is 13.2. The van der Waals surface area contributed by atoms with Crippen molar-refractivity contribution in [2.24, 2.45) is 5.92 Å². The van der Waals surface area contributed by atoms with E-state index >= 15 is 0 Å². The Balaban J connectivity index is 1.98. The summed E-state index contributed by atoms with van der Waals surface area (Å²) in [6.07, 6.45) is 5.33. The van der Waals surface area contributed by atoms with Crippen LogP contribution >= 0.6 is 0 Å². The van der Waals surface area contributed by atoms with Crippen LogP contribution in [0.3, 0.4) is 0 Å².